The van der Waals surface area contributed by atoms with Crippen LogP contribution in [-0.4, -0.2) is 37.2 Å². The summed E-state index contributed by atoms with van der Waals surface area (Å²) in [6.45, 7) is 8.49. The lowest BCUT2D eigenvalue weighted by Gasteiger charge is -2.22. The fourth-order valence-electron chi connectivity index (χ4n) is 2.37. The normalized spacial score (nSPS) is 10.4. The molecule has 22 heavy (non-hydrogen) atoms. The van der Waals surface area contributed by atoms with Crippen LogP contribution in [0, 0.1) is 6.92 Å². The van der Waals surface area contributed by atoms with Crippen LogP contribution in [0.2, 0.25) is 0 Å². The highest BCUT2D eigenvalue weighted by atomic mass is 15.2. The highest BCUT2D eigenvalue weighted by molar-refractivity contribution is 5.66. The fraction of sp³-hybridized carbons (Fsp3) is 0.412. The second kappa shape index (κ2) is 7.11. The maximum Gasteiger partial charge on any atom is 0.135 e. The van der Waals surface area contributed by atoms with Crippen molar-refractivity contribution < 1.29 is 0 Å². The van der Waals surface area contributed by atoms with Crippen molar-refractivity contribution in [3.8, 4) is 0 Å². The highest BCUT2D eigenvalue weighted by Crippen LogP contribution is 2.25. The molecule has 2 aromatic rings. The zero-order valence-corrected chi connectivity index (χ0v) is 14.1. The number of aryl methyl sites for hydroxylation is 1. The standard InChI is InChI=1S/C17H25N5/c1-6-22(7-2)14-8-9-15(13(3)10-14)20-16-11-17(21(4)5)19-12-18-16/h8-12H,6-7H2,1-5H3,(H,18,19,20). The van der Waals surface area contributed by atoms with Crippen molar-refractivity contribution in [3.63, 3.8) is 0 Å². The summed E-state index contributed by atoms with van der Waals surface area (Å²) in [4.78, 5) is 12.8. The van der Waals surface area contributed by atoms with Gasteiger partial charge in [-0.1, -0.05) is 0 Å². The Morgan fingerprint density at radius 2 is 1.77 bits per heavy atom. The summed E-state index contributed by atoms with van der Waals surface area (Å²) in [6, 6.07) is 8.41. The zero-order valence-electron chi connectivity index (χ0n) is 14.1. The van der Waals surface area contributed by atoms with E-state index in [1.165, 1.54) is 11.3 Å². The van der Waals surface area contributed by atoms with Gasteiger partial charge in [0.25, 0.3) is 0 Å². The van der Waals surface area contributed by atoms with Crippen molar-refractivity contribution in [2.24, 2.45) is 0 Å². The number of benzene rings is 1. The Balaban J connectivity index is 2.22. The second-order valence-electron chi connectivity index (χ2n) is 5.45. The average molecular weight is 299 g/mol. The third-order valence-corrected chi connectivity index (χ3v) is 3.71. The first-order chi connectivity index (χ1) is 10.5. The molecular weight excluding hydrogens is 274 g/mol. The van der Waals surface area contributed by atoms with Crippen molar-refractivity contribution in [1.82, 2.24) is 9.97 Å². The minimum Gasteiger partial charge on any atom is -0.372 e. The molecule has 0 spiro atoms. The topological polar surface area (TPSA) is 44.3 Å². The van der Waals surface area contributed by atoms with Crippen LogP contribution in [0.15, 0.2) is 30.6 Å². The molecule has 5 nitrogen and oxygen atoms in total. The van der Waals surface area contributed by atoms with E-state index >= 15 is 0 Å². The van der Waals surface area contributed by atoms with Gasteiger partial charge < -0.3 is 15.1 Å². The number of hydrogen-bond acceptors (Lipinski definition) is 5. The molecule has 1 aromatic heterocycles. The predicted octanol–water partition coefficient (Wildman–Crippen LogP) is 3.44. The van der Waals surface area contributed by atoms with E-state index in [2.05, 4.69) is 59.2 Å². The number of hydrogen-bond donors (Lipinski definition) is 1. The van der Waals surface area contributed by atoms with Crippen molar-refractivity contribution in [3.05, 3.63) is 36.2 Å². The van der Waals surface area contributed by atoms with Gasteiger partial charge in [-0.25, -0.2) is 9.97 Å². The SMILES string of the molecule is CCN(CC)c1ccc(Nc2cc(N(C)C)ncn2)c(C)c1. The largest absolute Gasteiger partial charge is 0.372 e. The average Bonchev–Trinajstić information content (AvgIpc) is 2.51. The molecule has 0 saturated carbocycles. The Labute approximate surface area is 133 Å². The molecule has 1 heterocycles. The van der Waals surface area contributed by atoms with Crippen LogP contribution in [0.1, 0.15) is 19.4 Å². The molecule has 118 valence electrons. The Morgan fingerprint density at radius 3 is 2.36 bits per heavy atom. The molecule has 1 N–H and O–H groups in total. The summed E-state index contributed by atoms with van der Waals surface area (Å²) in [6.07, 6.45) is 1.58. The van der Waals surface area contributed by atoms with Crippen LogP contribution < -0.4 is 15.1 Å². The van der Waals surface area contributed by atoms with Gasteiger partial charge in [-0.15, -0.1) is 0 Å². The summed E-state index contributed by atoms with van der Waals surface area (Å²) >= 11 is 0. The lowest BCUT2D eigenvalue weighted by atomic mass is 10.1. The minimum absolute atomic E-state index is 0.803. The molecule has 0 aliphatic rings. The van der Waals surface area contributed by atoms with Crippen molar-refractivity contribution in [2.45, 2.75) is 20.8 Å². The third kappa shape index (κ3) is 3.67. The van der Waals surface area contributed by atoms with E-state index in [4.69, 9.17) is 0 Å². The molecule has 0 aliphatic carbocycles. The second-order valence-corrected chi connectivity index (χ2v) is 5.45. The van der Waals surface area contributed by atoms with Crippen LogP contribution in [-0.2, 0) is 0 Å². The molecule has 0 aliphatic heterocycles. The van der Waals surface area contributed by atoms with E-state index in [9.17, 15) is 0 Å². The maximum atomic E-state index is 4.29. The van der Waals surface area contributed by atoms with E-state index in [0.29, 0.717) is 0 Å². The Morgan fingerprint density at radius 1 is 1.05 bits per heavy atom. The number of anilines is 4. The smallest absolute Gasteiger partial charge is 0.135 e. The first-order valence-corrected chi connectivity index (χ1v) is 7.67. The van der Waals surface area contributed by atoms with Crippen LogP contribution in [0.25, 0.3) is 0 Å². The van der Waals surface area contributed by atoms with Gasteiger partial charge in [-0.3, -0.25) is 0 Å². The van der Waals surface area contributed by atoms with E-state index in [0.717, 1.165) is 30.4 Å². The van der Waals surface area contributed by atoms with E-state index in [-0.39, 0.29) is 0 Å². The van der Waals surface area contributed by atoms with E-state index in [1.54, 1.807) is 6.33 Å². The first-order valence-electron chi connectivity index (χ1n) is 7.67. The lowest BCUT2D eigenvalue weighted by molar-refractivity contribution is 0.866. The summed E-state index contributed by atoms with van der Waals surface area (Å²) < 4.78 is 0. The molecule has 0 saturated heterocycles. The van der Waals surface area contributed by atoms with Crippen LogP contribution in [0.4, 0.5) is 23.0 Å². The first kappa shape index (κ1) is 16.1. The monoisotopic (exact) mass is 299 g/mol. The molecule has 0 fully saturated rings. The van der Waals surface area contributed by atoms with E-state index < -0.39 is 0 Å². The van der Waals surface area contributed by atoms with Gasteiger partial charge in [0, 0.05) is 44.6 Å². The predicted molar refractivity (Wildman–Crippen MR) is 94.4 cm³/mol. The minimum atomic E-state index is 0.803. The lowest BCUT2D eigenvalue weighted by Crippen LogP contribution is -2.21. The van der Waals surface area contributed by atoms with Gasteiger partial charge in [0.1, 0.15) is 18.0 Å². The number of nitrogens with one attached hydrogen (secondary N) is 1. The molecule has 0 unspecified atom stereocenters. The molecule has 0 radical (unpaired) electrons. The van der Waals surface area contributed by atoms with Crippen molar-refractivity contribution >= 4 is 23.0 Å². The number of nitrogens with zero attached hydrogens (tertiary/aromatic N) is 4. The summed E-state index contributed by atoms with van der Waals surface area (Å²) in [5.41, 5.74) is 3.53. The molecule has 5 heteroatoms. The van der Waals surface area contributed by atoms with Gasteiger partial charge in [-0.05, 0) is 44.5 Å². The Bertz CT molecular complexity index is 620. The van der Waals surface area contributed by atoms with Gasteiger partial charge in [0.15, 0.2) is 0 Å². The third-order valence-electron chi connectivity index (χ3n) is 3.71. The molecule has 1 aromatic carbocycles. The maximum absolute atomic E-state index is 4.29. The van der Waals surface area contributed by atoms with Crippen molar-refractivity contribution in [2.75, 3.05) is 42.3 Å². The zero-order chi connectivity index (χ0) is 16.1. The Kier molecular flexibility index (Phi) is 5.20. The van der Waals surface area contributed by atoms with Crippen LogP contribution >= 0.6 is 0 Å². The fourth-order valence-corrected chi connectivity index (χ4v) is 2.37. The van der Waals surface area contributed by atoms with Crippen LogP contribution in [0.5, 0.6) is 0 Å². The number of rotatable bonds is 6. The summed E-state index contributed by atoms with van der Waals surface area (Å²) in [5, 5.41) is 3.37. The van der Waals surface area contributed by atoms with Crippen LogP contribution in [0.3, 0.4) is 0 Å². The van der Waals surface area contributed by atoms with Gasteiger partial charge in [-0.2, -0.15) is 0 Å². The summed E-state index contributed by atoms with van der Waals surface area (Å²) in [5.74, 6) is 1.69. The molecule has 2 rings (SSSR count). The van der Waals surface area contributed by atoms with Gasteiger partial charge in [0.05, 0.1) is 0 Å². The highest BCUT2D eigenvalue weighted by Gasteiger charge is 2.06. The quantitative estimate of drug-likeness (QED) is 0.885. The molecule has 0 amide bonds. The summed E-state index contributed by atoms with van der Waals surface area (Å²) in [7, 11) is 3.94. The van der Waals surface area contributed by atoms with Crippen molar-refractivity contribution in [1.29, 1.82) is 0 Å². The molecule has 0 atom stereocenters. The van der Waals surface area contributed by atoms with Gasteiger partial charge >= 0.3 is 0 Å². The molecule has 0 bridgehead atoms. The van der Waals surface area contributed by atoms with E-state index in [1.807, 2.05) is 25.1 Å². The number of aromatic nitrogens is 2. The van der Waals surface area contributed by atoms with Gasteiger partial charge in [0.2, 0.25) is 0 Å². The molecular formula is C17H25N5. The Hall–Kier alpha value is -2.30.